The number of hydrogen-bond acceptors (Lipinski definition) is 4. The third-order valence-electron chi connectivity index (χ3n) is 2.70. The van der Waals surface area contributed by atoms with Gasteiger partial charge in [0.15, 0.2) is 0 Å². The summed E-state index contributed by atoms with van der Waals surface area (Å²) in [5.74, 6) is 0.877. The van der Waals surface area contributed by atoms with Crippen LogP contribution in [0.15, 0.2) is 22.7 Å². The molecule has 0 saturated carbocycles. The van der Waals surface area contributed by atoms with Crippen LogP contribution < -0.4 is 10.1 Å². The summed E-state index contributed by atoms with van der Waals surface area (Å²) in [5.41, 5.74) is 1.24. The Morgan fingerprint density at radius 3 is 2.70 bits per heavy atom. The van der Waals surface area contributed by atoms with Crippen LogP contribution in [0.5, 0.6) is 5.75 Å². The zero-order valence-corrected chi connectivity index (χ0v) is 13.9. The molecule has 0 spiro atoms. The van der Waals surface area contributed by atoms with Crippen molar-refractivity contribution in [2.24, 2.45) is 0 Å². The molecule has 0 amide bonds. The summed E-state index contributed by atoms with van der Waals surface area (Å²) in [4.78, 5) is 0. The fourth-order valence-corrected chi connectivity index (χ4v) is 2.17. The van der Waals surface area contributed by atoms with Gasteiger partial charge in [0.25, 0.3) is 0 Å². The molecule has 4 nitrogen and oxygen atoms in total. The SMILES string of the molecule is CCNCc1ccc(OCCCOCCOC)c(Br)c1. The van der Waals surface area contributed by atoms with Gasteiger partial charge in [0.1, 0.15) is 5.75 Å². The van der Waals surface area contributed by atoms with Crippen molar-refractivity contribution in [3.63, 3.8) is 0 Å². The molecule has 0 aromatic heterocycles. The van der Waals surface area contributed by atoms with Crippen LogP contribution in [0.1, 0.15) is 18.9 Å². The Labute approximate surface area is 129 Å². The van der Waals surface area contributed by atoms with Crippen molar-refractivity contribution < 1.29 is 14.2 Å². The minimum atomic E-state index is 0.638. The van der Waals surface area contributed by atoms with E-state index in [1.165, 1.54) is 5.56 Å². The molecule has 0 atom stereocenters. The molecule has 0 aliphatic rings. The Kier molecular flexibility index (Phi) is 9.66. The minimum absolute atomic E-state index is 0.638. The zero-order chi connectivity index (χ0) is 14.6. The monoisotopic (exact) mass is 345 g/mol. The van der Waals surface area contributed by atoms with Gasteiger partial charge >= 0.3 is 0 Å². The highest BCUT2D eigenvalue weighted by Crippen LogP contribution is 2.26. The van der Waals surface area contributed by atoms with Gasteiger partial charge in [-0.1, -0.05) is 13.0 Å². The van der Waals surface area contributed by atoms with Crippen molar-refractivity contribution in [1.29, 1.82) is 0 Å². The van der Waals surface area contributed by atoms with E-state index in [9.17, 15) is 0 Å². The third-order valence-corrected chi connectivity index (χ3v) is 3.32. The maximum atomic E-state index is 5.72. The van der Waals surface area contributed by atoms with E-state index in [1.807, 2.05) is 6.07 Å². The molecule has 5 heteroatoms. The lowest BCUT2D eigenvalue weighted by Gasteiger charge is -2.10. The van der Waals surface area contributed by atoms with E-state index in [-0.39, 0.29) is 0 Å². The molecule has 0 aliphatic carbocycles. The van der Waals surface area contributed by atoms with E-state index in [1.54, 1.807) is 7.11 Å². The maximum absolute atomic E-state index is 5.72. The van der Waals surface area contributed by atoms with Crippen molar-refractivity contribution in [1.82, 2.24) is 5.32 Å². The second-order valence-corrected chi connectivity index (χ2v) is 5.21. The average molecular weight is 346 g/mol. The van der Waals surface area contributed by atoms with Crippen molar-refractivity contribution in [3.8, 4) is 5.75 Å². The van der Waals surface area contributed by atoms with Crippen molar-refractivity contribution in [3.05, 3.63) is 28.2 Å². The first-order valence-corrected chi connectivity index (χ1v) is 7.75. The van der Waals surface area contributed by atoms with Crippen molar-refractivity contribution >= 4 is 15.9 Å². The molecule has 0 heterocycles. The molecule has 0 saturated heterocycles. The lowest BCUT2D eigenvalue weighted by Crippen LogP contribution is -2.11. The van der Waals surface area contributed by atoms with Crippen LogP contribution in [0, 0.1) is 0 Å². The first-order chi connectivity index (χ1) is 9.77. The molecule has 1 aromatic rings. The molecule has 1 N–H and O–H groups in total. The summed E-state index contributed by atoms with van der Waals surface area (Å²) >= 11 is 3.54. The normalized spacial score (nSPS) is 10.8. The molecule has 0 radical (unpaired) electrons. The highest BCUT2D eigenvalue weighted by atomic mass is 79.9. The number of ether oxygens (including phenoxy) is 3. The first-order valence-electron chi connectivity index (χ1n) is 6.96. The van der Waals surface area contributed by atoms with Gasteiger partial charge in [-0.2, -0.15) is 0 Å². The quantitative estimate of drug-likeness (QED) is 0.626. The number of hydrogen-bond donors (Lipinski definition) is 1. The van der Waals surface area contributed by atoms with Crippen LogP contribution in [0.25, 0.3) is 0 Å². The number of rotatable bonds is 11. The van der Waals surface area contributed by atoms with Gasteiger partial charge in [0.05, 0.1) is 24.3 Å². The Bertz CT molecular complexity index is 374. The Morgan fingerprint density at radius 1 is 1.15 bits per heavy atom. The summed E-state index contributed by atoms with van der Waals surface area (Å²) in [6, 6.07) is 6.17. The minimum Gasteiger partial charge on any atom is -0.492 e. The zero-order valence-electron chi connectivity index (χ0n) is 12.3. The van der Waals surface area contributed by atoms with E-state index in [0.717, 1.165) is 29.7 Å². The summed E-state index contributed by atoms with van der Waals surface area (Å²) in [7, 11) is 1.67. The molecule has 1 rings (SSSR count). The summed E-state index contributed by atoms with van der Waals surface area (Å²) in [5, 5.41) is 3.30. The van der Waals surface area contributed by atoms with Crippen molar-refractivity contribution in [2.75, 3.05) is 40.1 Å². The lowest BCUT2D eigenvalue weighted by atomic mass is 10.2. The first kappa shape index (κ1) is 17.4. The number of nitrogens with one attached hydrogen (secondary N) is 1. The average Bonchev–Trinajstić information content (AvgIpc) is 2.46. The Morgan fingerprint density at radius 2 is 2.00 bits per heavy atom. The molecule has 0 bridgehead atoms. The molecular weight excluding hydrogens is 322 g/mol. The van der Waals surface area contributed by atoms with Crippen LogP contribution in [-0.2, 0) is 16.0 Å². The van der Waals surface area contributed by atoms with Gasteiger partial charge < -0.3 is 19.5 Å². The van der Waals surface area contributed by atoms with Gasteiger partial charge in [-0.3, -0.25) is 0 Å². The van der Waals surface area contributed by atoms with Gasteiger partial charge in [-0.25, -0.2) is 0 Å². The Hall–Kier alpha value is -0.620. The molecule has 114 valence electrons. The highest BCUT2D eigenvalue weighted by Gasteiger charge is 2.02. The van der Waals surface area contributed by atoms with Crippen LogP contribution >= 0.6 is 15.9 Å². The number of benzene rings is 1. The van der Waals surface area contributed by atoms with E-state index >= 15 is 0 Å². The van der Waals surface area contributed by atoms with Crippen LogP contribution in [0.4, 0.5) is 0 Å². The summed E-state index contributed by atoms with van der Waals surface area (Å²) in [6.07, 6.45) is 0.870. The predicted octanol–water partition coefficient (Wildman–Crippen LogP) is 2.99. The van der Waals surface area contributed by atoms with E-state index in [0.29, 0.717) is 26.4 Å². The van der Waals surface area contributed by atoms with Crippen LogP contribution in [-0.4, -0.2) is 40.1 Å². The molecule has 20 heavy (non-hydrogen) atoms. The van der Waals surface area contributed by atoms with Gasteiger partial charge in [0, 0.05) is 26.7 Å². The molecule has 0 unspecified atom stereocenters. The van der Waals surface area contributed by atoms with E-state index < -0.39 is 0 Å². The third kappa shape index (κ3) is 7.24. The van der Waals surface area contributed by atoms with Gasteiger partial charge in [-0.05, 0) is 40.2 Å². The standard InChI is InChI=1S/C15H24BrNO3/c1-3-17-12-13-5-6-15(14(16)11-13)20-8-4-7-19-10-9-18-2/h5-6,11,17H,3-4,7-10,12H2,1-2H3. The topological polar surface area (TPSA) is 39.7 Å². The Balaban J connectivity index is 2.23. The fraction of sp³-hybridized carbons (Fsp3) is 0.600. The van der Waals surface area contributed by atoms with Crippen molar-refractivity contribution in [2.45, 2.75) is 19.9 Å². The molecule has 0 fully saturated rings. The summed E-state index contributed by atoms with van der Waals surface area (Å²) < 4.78 is 17.0. The number of halogens is 1. The van der Waals surface area contributed by atoms with E-state index in [4.69, 9.17) is 14.2 Å². The number of methoxy groups -OCH3 is 1. The molecule has 1 aromatic carbocycles. The maximum Gasteiger partial charge on any atom is 0.133 e. The molecular formula is C15H24BrNO3. The largest absolute Gasteiger partial charge is 0.492 e. The fourth-order valence-electron chi connectivity index (χ4n) is 1.63. The lowest BCUT2D eigenvalue weighted by molar-refractivity contribution is 0.0644. The second kappa shape index (κ2) is 11.1. The van der Waals surface area contributed by atoms with Gasteiger partial charge in [-0.15, -0.1) is 0 Å². The van der Waals surface area contributed by atoms with Gasteiger partial charge in [0.2, 0.25) is 0 Å². The molecule has 0 aliphatic heterocycles. The smallest absolute Gasteiger partial charge is 0.133 e. The van der Waals surface area contributed by atoms with Crippen LogP contribution in [0.3, 0.4) is 0 Å². The second-order valence-electron chi connectivity index (χ2n) is 4.35. The van der Waals surface area contributed by atoms with E-state index in [2.05, 4.69) is 40.3 Å². The van der Waals surface area contributed by atoms with Crippen LogP contribution in [0.2, 0.25) is 0 Å². The highest BCUT2D eigenvalue weighted by molar-refractivity contribution is 9.10. The predicted molar refractivity (Wildman–Crippen MR) is 84.3 cm³/mol. The summed E-state index contributed by atoms with van der Waals surface area (Å²) in [6.45, 7) is 6.57.